The predicted molar refractivity (Wildman–Crippen MR) is 135 cm³/mol. The molecule has 4 aromatic rings. The predicted octanol–water partition coefficient (Wildman–Crippen LogP) is 6.24. The molecule has 2 amide bonds. The van der Waals surface area contributed by atoms with Crippen LogP contribution in [0.2, 0.25) is 0 Å². The van der Waals surface area contributed by atoms with Crippen LogP contribution in [-0.2, 0) is 5.41 Å². The van der Waals surface area contributed by atoms with E-state index < -0.39 is 11.8 Å². The number of aromatic nitrogens is 3. The van der Waals surface area contributed by atoms with E-state index in [-0.39, 0.29) is 11.4 Å². The minimum absolute atomic E-state index is 0.109. The summed E-state index contributed by atoms with van der Waals surface area (Å²) in [5.41, 5.74) is 9.00. The maximum Gasteiger partial charge on any atom is 0.323 e. The highest BCUT2D eigenvalue weighted by molar-refractivity contribution is 7.15. The zero-order valence-corrected chi connectivity index (χ0v) is 20.1. The normalized spacial score (nSPS) is 11.3. The molecule has 0 saturated heterocycles. The van der Waals surface area contributed by atoms with E-state index in [0.29, 0.717) is 33.2 Å². The van der Waals surface area contributed by atoms with Gasteiger partial charge in [0.05, 0.1) is 15.6 Å². The SMILES string of the molecule is Cc1cccc(NC(=O)Nc2ccc(F)c(-c3sc(C(C)(C)C)nc3-c3ccnc(N)n3)c2)c1. The van der Waals surface area contributed by atoms with Gasteiger partial charge in [0.2, 0.25) is 5.95 Å². The average Bonchev–Trinajstić information content (AvgIpc) is 3.21. The first kappa shape index (κ1) is 23.3. The number of amides is 2. The van der Waals surface area contributed by atoms with Gasteiger partial charge in [0.15, 0.2) is 0 Å². The highest BCUT2D eigenvalue weighted by atomic mass is 32.1. The van der Waals surface area contributed by atoms with Gasteiger partial charge in [0.1, 0.15) is 11.5 Å². The summed E-state index contributed by atoms with van der Waals surface area (Å²) in [6.07, 6.45) is 1.54. The molecule has 4 rings (SSSR count). The van der Waals surface area contributed by atoms with Crippen LogP contribution in [0, 0.1) is 12.7 Å². The third-order valence-corrected chi connectivity index (χ3v) is 6.44. The molecule has 0 saturated carbocycles. The molecule has 2 aromatic heterocycles. The van der Waals surface area contributed by atoms with E-state index in [1.54, 1.807) is 24.4 Å². The standard InChI is InChI=1S/C25H25FN6OS/c1-14-6-5-7-15(12-14)29-24(33)30-16-8-9-18(26)17(13-16)21-20(19-10-11-28-23(27)31-19)32-22(34-21)25(2,3)4/h5-13H,1-4H3,(H2,27,28,31)(H2,29,30,33). The lowest BCUT2D eigenvalue weighted by molar-refractivity contribution is 0.262. The summed E-state index contributed by atoms with van der Waals surface area (Å²) < 4.78 is 15.1. The second-order valence-corrected chi connectivity index (χ2v) is 9.89. The van der Waals surface area contributed by atoms with Crippen molar-refractivity contribution >= 4 is 34.7 Å². The van der Waals surface area contributed by atoms with Crippen molar-refractivity contribution in [2.75, 3.05) is 16.4 Å². The van der Waals surface area contributed by atoms with Crippen LogP contribution < -0.4 is 16.4 Å². The number of nitrogens with zero attached hydrogens (tertiary/aromatic N) is 3. The van der Waals surface area contributed by atoms with E-state index in [9.17, 15) is 4.79 Å². The quantitative estimate of drug-likeness (QED) is 0.323. The van der Waals surface area contributed by atoms with Gasteiger partial charge in [-0.3, -0.25) is 0 Å². The van der Waals surface area contributed by atoms with Crippen molar-refractivity contribution in [3.8, 4) is 21.8 Å². The van der Waals surface area contributed by atoms with Crippen molar-refractivity contribution in [1.29, 1.82) is 0 Å². The Morgan fingerprint density at radius 1 is 1.03 bits per heavy atom. The number of halogens is 1. The second kappa shape index (κ2) is 9.18. The Labute approximate surface area is 201 Å². The average molecular weight is 477 g/mol. The van der Waals surface area contributed by atoms with E-state index in [4.69, 9.17) is 10.7 Å². The Morgan fingerprint density at radius 3 is 2.44 bits per heavy atom. The molecule has 0 fully saturated rings. The minimum atomic E-state index is -0.433. The van der Waals surface area contributed by atoms with Crippen LogP contribution in [0.1, 0.15) is 31.3 Å². The van der Waals surface area contributed by atoms with Crippen LogP contribution in [0.4, 0.5) is 26.5 Å². The number of benzene rings is 2. The number of aryl methyl sites for hydroxylation is 1. The minimum Gasteiger partial charge on any atom is -0.368 e. The molecule has 4 N–H and O–H groups in total. The molecule has 0 unspecified atom stereocenters. The van der Waals surface area contributed by atoms with Crippen LogP contribution in [0.5, 0.6) is 0 Å². The number of urea groups is 1. The molecule has 9 heteroatoms. The molecule has 0 aliphatic rings. The Bertz CT molecular complexity index is 1360. The van der Waals surface area contributed by atoms with Gasteiger partial charge >= 0.3 is 6.03 Å². The number of hydrogen-bond acceptors (Lipinski definition) is 6. The molecule has 0 aliphatic heterocycles. The summed E-state index contributed by atoms with van der Waals surface area (Å²) in [5.74, 6) is -0.325. The lowest BCUT2D eigenvalue weighted by atomic mass is 9.98. The molecule has 7 nitrogen and oxygen atoms in total. The van der Waals surface area contributed by atoms with E-state index in [2.05, 4.69) is 20.6 Å². The van der Waals surface area contributed by atoms with Gasteiger partial charge in [-0.15, -0.1) is 11.3 Å². The molecule has 0 atom stereocenters. The van der Waals surface area contributed by atoms with Gasteiger partial charge in [-0.2, -0.15) is 0 Å². The number of thiazole rings is 1. The zero-order chi connectivity index (χ0) is 24.5. The molecule has 0 aliphatic carbocycles. The Balaban J connectivity index is 1.71. The second-order valence-electron chi connectivity index (χ2n) is 8.89. The zero-order valence-electron chi connectivity index (χ0n) is 19.3. The molecule has 0 spiro atoms. The van der Waals surface area contributed by atoms with Crippen molar-refractivity contribution in [3.63, 3.8) is 0 Å². The Morgan fingerprint density at radius 2 is 1.76 bits per heavy atom. The molecule has 174 valence electrons. The summed E-state index contributed by atoms with van der Waals surface area (Å²) in [5, 5.41) is 6.39. The first-order valence-corrected chi connectivity index (χ1v) is 11.5. The third-order valence-electron chi connectivity index (χ3n) is 4.93. The van der Waals surface area contributed by atoms with Crippen molar-refractivity contribution in [2.24, 2.45) is 0 Å². The van der Waals surface area contributed by atoms with Gasteiger partial charge in [-0.05, 0) is 48.9 Å². The van der Waals surface area contributed by atoms with Gasteiger partial charge in [0.25, 0.3) is 0 Å². The lowest BCUT2D eigenvalue weighted by Crippen LogP contribution is -2.19. The molecular weight excluding hydrogens is 451 g/mol. The lowest BCUT2D eigenvalue weighted by Gasteiger charge is -2.13. The summed E-state index contributed by atoms with van der Waals surface area (Å²) in [6, 6.07) is 13.2. The van der Waals surface area contributed by atoms with Gasteiger partial charge in [-0.25, -0.2) is 24.1 Å². The maximum absolute atomic E-state index is 15.1. The smallest absolute Gasteiger partial charge is 0.323 e. The molecule has 2 heterocycles. The number of carbonyl (C=O) groups is 1. The highest BCUT2D eigenvalue weighted by Gasteiger charge is 2.25. The Kier molecular flexibility index (Phi) is 6.30. The number of carbonyl (C=O) groups excluding carboxylic acids is 1. The summed E-state index contributed by atoms with van der Waals surface area (Å²) in [6.45, 7) is 8.06. The van der Waals surface area contributed by atoms with Crippen molar-refractivity contribution < 1.29 is 9.18 Å². The number of nitrogen functional groups attached to an aromatic ring is 1. The summed E-state index contributed by atoms with van der Waals surface area (Å²) in [4.78, 5) is 26.1. The maximum atomic E-state index is 15.1. The number of nitrogens with one attached hydrogen (secondary N) is 2. The molecule has 0 radical (unpaired) electrons. The van der Waals surface area contributed by atoms with Gasteiger partial charge < -0.3 is 16.4 Å². The van der Waals surface area contributed by atoms with E-state index in [0.717, 1.165) is 10.6 Å². The fourth-order valence-corrected chi connectivity index (χ4v) is 4.45. The number of anilines is 3. The van der Waals surface area contributed by atoms with E-state index >= 15 is 4.39 Å². The van der Waals surface area contributed by atoms with Gasteiger partial charge in [0, 0.05) is 28.6 Å². The van der Waals surface area contributed by atoms with Crippen LogP contribution in [0.15, 0.2) is 54.7 Å². The monoisotopic (exact) mass is 476 g/mol. The fourth-order valence-electron chi connectivity index (χ4n) is 3.30. The van der Waals surface area contributed by atoms with Crippen molar-refractivity contribution in [3.05, 3.63) is 71.1 Å². The van der Waals surface area contributed by atoms with Crippen LogP contribution in [-0.4, -0.2) is 21.0 Å². The first-order chi connectivity index (χ1) is 16.1. The van der Waals surface area contributed by atoms with Crippen LogP contribution >= 0.6 is 11.3 Å². The molecule has 34 heavy (non-hydrogen) atoms. The summed E-state index contributed by atoms with van der Waals surface area (Å²) in [7, 11) is 0. The number of rotatable bonds is 4. The van der Waals surface area contributed by atoms with Crippen molar-refractivity contribution in [2.45, 2.75) is 33.1 Å². The topological polar surface area (TPSA) is 106 Å². The largest absolute Gasteiger partial charge is 0.368 e. The number of hydrogen-bond donors (Lipinski definition) is 3. The van der Waals surface area contributed by atoms with Gasteiger partial charge in [-0.1, -0.05) is 32.9 Å². The number of nitrogens with two attached hydrogens (primary N) is 1. The van der Waals surface area contributed by atoms with Crippen LogP contribution in [0.25, 0.3) is 21.8 Å². The van der Waals surface area contributed by atoms with Crippen molar-refractivity contribution in [1.82, 2.24) is 15.0 Å². The molecule has 0 bridgehead atoms. The van der Waals surface area contributed by atoms with E-state index in [1.807, 2.05) is 45.9 Å². The molecular formula is C25H25FN6OS. The Hall–Kier alpha value is -3.85. The molecule has 2 aromatic carbocycles. The van der Waals surface area contributed by atoms with E-state index in [1.165, 1.54) is 23.5 Å². The summed E-state index contributed by atoms with van der Waals surface area (Å²) >= 11 is 1.39. The third kappa shape index (κ3) is 5.20. The first-order valence-electron chi connectivity index (χ1n) is 10.6. The highest BCUT2D eigenvalue weighted by Crippen LogP contribution is 2.41. The fraction of sp³-hybridized carbons (Fsp3) is 0.200. The van der Waals surface area contributed by atoms with Crippen LogP contribution in [0.3, 0.4) is 0 Å².